The van der Waals surface area contributed by atoms with Crippen LogP contribution < -0.4 is 5.32 Å². The Hall–Kier alpha value is -1.64. The summed E-state index contributed by atoms with van der Waals surface area (Å²) in [5.41, 5.74) is 0.362. The van der Waals surface area contributed by atoms with Crippen LogP contribution >= 0.6 is 11.8 Å². The van der Waals surface area contributed by atoms with Gasteiger partial charge in [0, 0.05) is 25.8 Å². The number of nitrogens with zero attached hydrogens (tertiary/aromatic N) is 1. The summed E-state index contributed by atoms with van der Waals surface area (Å²) in [5, 5.41) is 33.1. The van der Waals surface area contributed by atoms with Crippen molar-refractivity contribution in [3.63, 3.8) is 0 Å². The lowest BCUT2D eigenvalue weighted by atomic mass is 10.0. The molecule has 2 unspecified atom stereocenters. The Balaban J connectivity index is 2.93. The van der Waals surface area contributed by atoms with Gasteiger partial charge in [0.25, 0.3) is 5.69 Å². The van der Waals surface area contributed by atoms with Crippen LogP contribution in [0.25, 0.3) is 0 Å². The first-order valence-electron chi connectivity index (χ1n) is 5.82. The van der Waals surface area contributed by atoms with Gasteiger partial charge in [0.05, 0.1) is 11.0 Å². The molecule has 0 saturated carbocycles. The monoisotopic (exact) mass is 300 g/mol. The fourth-order valence-corrected chi connectivity index (χ4v) is 2.20. The van der Waals surface area contributed by atoms with E-state index in [0.29, 0.717) is 5.69 Å². The lowest BCUT2D eigenvalue weighted by Crippen LogP contribution is -2.21. The van der Waals surface area contributed by atoms with Gasteiger partial charge in [0.1, 0.15) is 11.8 Å². The maximum absolute atomic E-state index is 10.9. The summed E-state index contributed by atoms with van der Waals surface area (Å²) in [6.45, 7) is 1.36. The second-order valence-electron chi connectivity index (χ2n) is 4.10. The van der Waals surface area contributed by atoms with E-state index in [0.717, 1.165) is 11.8 Å². The van der Waals surface area contributed by atoms with Crippen LogP contribution in [-0.4, -0.2) is 39.2 Å². The van der Waals surface area contributed by atoms with E-state index in [1.807, 2.05) is 0 Å². The maximum Gasteiger partial charge on any atom is 0.292 e. The highest BCUT2D eigenvalue weighted by Gasteiger charge is 2.22. The number of anilines is 1. The molecule has 0 aromatic heterocycles. The molecule has 1 rings (SSSR count). The van der Waals surface area contributed by atoms with E-state index >= 15 is 0 Å². The number of hydrogen-bond donors (Lipinski definition) is 3. The van der Waals surface area contributed by atoms with Gasteiger partial charge in [-0.2, -0.15) is 0 Å². The first-order valence-corrected chi connectivity index (χ1v) is 6.81. The van der Waals surface area contributed by atoms with E-state index in [1.54, 1.807) is 7.05 Å². The number of hydrogen-bond acceptors (Lipinski definition) is 7. The molecule has 110 valence electrons. The number of benzene rings is 1. The summed E-state index contributed by atoms with van der Waals surface area (Å²) in [7, 11) is 1.55. The SMILES string of the molecule is CNc1ccc(C(O)C(O)CSC(C)=O)cc1[N+](=O)[O-]. The fraction of sp³-hybridized carbons (Fsp3) is 0.417. The second-order valence-corrected chi connectivity index (χ2v) is 5.30. The molecule has 1 aromatic rings. The molecule has 0 aliphatic rings. The molecule has 0 radical (unpaired) electrons. The van der Waals surface area contributed by atoms with Crippen molar-refractivity contribution >= 4 is 28.3 Å². The van der Waals surface area contributed by atoms with Gasteiger partial charge in [-0.1, -0.05) is 17.8 Å². The molecule has 0 amide bonds. The number of nitrogens with one attached hydrogen (secondary N) is 1. The first-order chi connectivity index (χ1) is 9.36. The minimum absolute atomic E-state index is 0.0259. The number of carbonyl (C=O) groups is 1. The van der Waals surface area contributed by atoms with Crippen molar-refractivity contribution in [2.75, 3.05) is 18.1 Å². The molecule has 3 N–H and O–H groups in total. The van der Waals surface area contributed by atoms with Crippen LogP contribution in [0.5, 0.6) is 0 Å². The molecule has 2 atom stereocenters. The number of rotatable bonds is 6. The molecule has 0 fully saturated rings. The molecular formula is C12H16N2O5S. The summed E-state index contributed by atoms with van der Waals surface area (Å²) >= 11 is 0.885. The topological polar surface area (TPSA) is 113 Å². The number of carbonyl (C=O) groups excluding carboxylic acids is 1. The summed E-state index contributed by atoms with van der Waals surface area (Å²) in [4.78, 5) is 21.1. The van der Waals surface area contributed by atoms with Crippen LogP contribution in [0.3, 0.4) is 0 Å². The summed E-state index contributed by atoms with van der Waals surface area (Å²) in [6.07, 6.45) is -2.46. The van der Waals surface area contributed by atoms with Crippen LogP contribution in [0.2, 0.25) is 0 Å². The molecule has 0 aliphatic carbocycles. The molecule has 0 aliphatic heterocycles. The van der Waals surface area contributed by atoms with E-state index in [9.17, 15) is 25.1 Å². The average Bonchev–Trinajstić information content (AvgIpc) is 2.42. The van der Waals surface area contributed by atoms with Crippen molar-refractivity contribution in [1.82, 2.24) is 0 Å². The van der Waals surface area contributed by atoms with Gasteiger partial charge in [0.2, 0.25) is 0 Å². The van der Waals surface area contributed by atoms with E-state index < -0.39 is 17.1 Å². The number of nitro groups is 1. The summed E-state index contributed by atoms with van der Waals surface area (Å²) in [5.74, 6) is 0.0259. The standard InChI is InChI=1S/C12H16N2O5S/c1-7(15)20-6-11(16)12(17)8-3-4-9(13-2)10(5-8)14(18)19/h3-5,11-13,16-17H,6H2,1-2H3. The van der Waals surface area contributed by atoms with Crippen LogP contribution in [0.1, 0.15) is 18.6 Å². The fourth-order valence-electron chi connectivity index (χ4n) is 1.61. The van der Waals surface area contributed by atoms with Crippen molar-refractivity contribution in [2.24, 2.45) is 0 Å². The maximum atomic E-state index is 10.9. The number of aliphatic hydroxyl groups excluding tert-OH is 2. The minimum atomic E-state index is -1.29. The van der Waals surface area contributed by atoms with Crippen LogP contribution in [-0.2, 0) is 4.79 Å². The van der Waals surface area contributed by atoms with Crippen LogP contribution in [0.4, 0.5) is 11.4 Å². The molecule has 0 bridgehead atoms. The number of nitro benzene ring substituents is 1. The zero-order valence-electron chi connectivity index (χ0n) is 11.1. The largest absolute Gasteiger partial charge is 0.389 e. The predicted octanol–water partition coefficient (Wildman–Crippen LogP) is 1.31. The van der Waals surface area contributed by atoms with Crippen molar-refractivity contribution < 1.29 is 19.9 Å². The predicted molar refractivity (Wildman–Crippen MR) is 76.7 cm³/mol. The zero-order valence-corrected chi connectivity index (χ0v) is 11.9. The van der Waals surface area contributed by atoms with E-state index in [4.69, 9.17) is 0 Å². The third kappa shape index (κ3) is 4.19. The number of thioether (sulfide) groups is 1. The highest BCUT2D eigenvalue weighted by atomic mass is 32.2. The first kappa shape index (κ1) is 16.4. The van der Waals surface area contributed by atoms with Gasteiger partial charge in [-0.25, -0.2) is 0 Å². The Morgan fingerprint density at radius 1 is 1.50 bits per heavy atom. The normalized spacial score (nSPS) is 13.6. The van der Waals surface area contributed by atoms with E-state index in [2.05, 4.69) is 5.32 Å². The quantitative estimate of drug-likeness (QED) is 0.536. The summed E-state index contributed by atoms with van der Waals surface area (Å²) in [6, 6.07) is 4.16. The Morgan fingerprint density at radius 2 is 2.15 bits per heavy atom. The lowest BCUT2D eigenvalue weighted by molar-refractivity contribution is -0.384. The highest BCUT2D eigenvalue weighted by molar-refractivity contribution is 8.13. The summed E-state index contributed by atoms with van der Waals surface area (Å²) < 4.78 is 0. The third-order valence-electron chi connectivity index (χ3n) is 2.65. The molecule has 0 spiro atoms. The third-order valence-corrected chi connectivity index (χ3v) is 3.57. The van der Waals surface area contributed by atoms with Gasteiger partial charge in [-0.15, -0.1) is 0 Å². The van der Waals surface area contributed by atoms with Gasteiger partial charge in [-0.3, -0.25) is 14.9 Å². The molecule has 0 saturated heterocycles. The van der Waals surface area contributed by atoms with Crippen molar-refractivity contribution in [3.05, 3.63) is 33.9 Å². The van der Waals surface area contributed by atoms with Gasteiger partial charge >= 0.3 is 0 Å². The molecule has 8 heteroatoms. The minimum Gasteiger partial charge on any atom is -0.389 e. The molecule has 7 nitrogen and oxygen atoms in total. The molecule has 20 heavy (non-hydrogen) atoms. The Labute approximate surface area is 120 Å². The van der Waals surface area contributed by atoms with Crippen LogP contribution in [0.15, 0.2) is 18.2 Å². The Bertz CT molecular complexity index is 509. The smallest absolute Gasteiger partial charge is 0.292 e. The van der Waals surface area contributed by atoms with Gasteiger partial charge in [-0.05, 0) is 11.6 Å². The molecule has 1 aromatic carbocycles. The van der Waals surface area contributed by atoms with Crippen LogP contribution in [0, 0.1) is 10.1 Å². The Morgan fingerprint density at radius 3 is 2.65 bits per heavy atom. The van der Waals surface area contributed by atoms with E-state index in [-0.39, 0.29) is 22.1 Å². The van der Waals surface area contributed by atoms with Gasteiger partial charge in [0.15, 0.2) is 5.12 Å². The lowest BCUT2D eigenvalue weighted by Gasteiger charge is -2.17. The Kier molecular flexibility index (Phi) is 5.93. The van der Waals surface area contributed by atoms with E-state index in [1.165, 1.54) is 25.1 Å². The van der Waals surface area contributed by atoms with Crippen molar-refractivity contribution in [3.8, 4) is 0 Å². The van der Waals surface area contributed by atoms with Crippen molar-refractivity contribution in [2.45, 2.75) is 19.1 Å². The van der Waals surface area contributed by atoms with Gasteiger partial charge < -0.3 is 15.5 Å². The average molecular weight is 300 g/mol. The second kappa shape index (κ2) is 7.22. The molecule has 0 heterocycles. The highest BCUT2D eigenvalue weighted by Crippen LogP contribution is 2.29. The number of aliphatic hydroxyl groups is 2. The van der Waals surface area contributed by atoms with Crippen molar-refractivity contribution in [1.29, 1.82) is 0 Å². The zero-order chi connectivity index (χ0) is 15.3. The molecular weight excluding hydrogens is 284 g/mol.